The Morgan fingerprint density at radius 2 is 1.72 bits per heavy atom. The van der Waals surface area contributed by atoms with Gasteiger partial charge >= 0.3 is 11.3 Å². The van der Waals surface area contributed by atoms with Gasteiger partial charge in [-0.15, -0.1) is 0 Å². The van der Waals surface area contributed by atoms with Crippen LogP contribution in [-0.2, 0) is 6.54 Å². The number of aromatic hydroxyl groups is 1. The minimum atomic E-state index is -0.577. The van der Waals surface area contributed by atoms with Crippen molar-refractivity contribution in [3.8, 4) is 16.9 Å². The lowest BCUT2D eigenvalue weighted by Gasteiger charge is -2.35. The first-order valence-electron chi connectivity index (χ1n) is 10.9. The summed E-state index contributed by atoms with van der Waals surface area (Å²) in [5, 5.41) is 12.0. The van der Waals surface area contributed by atoms with E-state index in [0.29, 0.717) is 51.6 Å². The third-order valence-electron chi connectivity index (χ3n) is 6.25. The first kappa shape index (κ1) is 20.5. The summed E-state index contributed by atoms with van der Waals surface area (Å²) in [7, 11) is 0. The molecule has 1 saturated heterocycles. The molecular formula is C26H25NO5. The van der Waals surface area contributed by atoms with Gasteiger partial charge in [0.1, 0.15) is 16.9 Å². The Morgan fingerprint density at radius 3 is 2.50 bits per heavy atom. The number of piperidine rings is 1. The van der Waals surface area contributed by atoms with Crippen LogP contribution in [-0.4, -0.2) is 23.1 Å². The van der Waals surface area contributed by atoms with Gasteiger partial charge in [-0.05, 0) is 42.5 Å². The molecule has 0 saturated carbocycles. The summed E-state index contributed by atoms with van der Waals surface area (Å²) < 4.78 is 11.1. The molecule has 32 heavy (non-hydrogen) atoms. The van der Waals surface area contributed by atoms with Crippen LogP contribution in [0, 0.1) is 11.8 Å². The Kier molecular flexibility index (Phi) is 5.10. The highest BCUT2D eigenvalue weighted by molar-refractivity contribution is 5.97. The van der Waals surface area contributed by atoms with Crippen LogP contribution in [0.2, 0.25) is 0 Å². The second kappa shape index (κ2) is 7.95. The predicted octanol–water partition coefficient (Wildman–Crippen LogP) is 4.75. The highest BCUT2D eigenvalue weighted by Gasteiger charge is 2.25. The minimum Gasteiger partial charge on any atom is -0.507 e. The topological polar surface area (TPSA) is 83.9 Å². The van der Waals surface area contributed by atoms with E-state index in [2.05, 4.69) is 18.7 Å². The summed E-state index contributed by atoms with van der Waals surface area (Å²) in [6.07, 6.45) is 1.18. The number of phenolic OH excluding ortho intramolecular Hbond substituents is 1. The second-order valence-corrected chi connectivity index (χ2v) is 9.04. The van der Waals surface area contributed by atoms with Crippen LogP contribution in [0.1, 0.15) is 25.8 Å². The van der Waals surface area contributed by atoms with Crippen molar-refractivity contribution < 1.29 is 13.9 Å². The molecule has 0 aliphatic carbocycles. The van der Waals surface area contributed by atoms with Crippen LogP contribution in [0.5, 0.6) is 5.75 Å². The quantitative estimate of drug-likeness (QED) is 0.471. The largest absolute Gasteiger partial charge is 0.507 e. The smallest absolute Gasteiger partial charge is 0.344 e. The molecule has 1 aliphatic heterocycles. The number of phenols is 1. The molecule has 0 unspecified atom stereocenters. The molecule has 4 aromatic rings. The zero-order chi connectivity index (χ0) is 22.4. The van der Waals surface area contributed by atoms with Crippen molar-refractivity contribution in [1.82, 2.24) is 4.90 Å². The lowest BCUT2D eigenvalue weighted by Crippen LogP contribution is -2.38. The molecule has 2 atom stereocenters. The fraction of sp³-hybridized carbons (Fsp3) is 0.308. The maximum atomic E-state index is 12.8. The second-order valence-electron chi connectivity index (χ2n) is 9.04. The Bertz CT molecular complexity index is 1420. The van der Waals surface area contributed by atoms with Gasteiger partial charge in [0.25, 0.3) is 0 Å². The van der Waals surface area contributed by atoms with E-state index in [4.69, 9.17) is 8.83 Å². The van der Waals surface area contributed by atoms with Crippen LogP contribution < -0.4 is 11.3 Å². The van der Waals surface area contributed by atoms with Gasteiger partial charge in [0, 0.05) is 42.0 Å². The van der Waals surface area contributed by atoms with Gasteiger partial charge in [0.2, 0.25) is 0 Å². The number of rotatable bonds is 3. The molecule has 6 nitrogen and oxygen atoms in total. The van der Waals surface area contributed by atoms with Gasteiger partial charge < -0.3 is 13.9 Å². The van der Waals surface area contributed by atoms with Crippen molar-refractivity contribution in [1.29, 1.82) is 0 Å². The van der Waals surface area contributed by atoms with Gasteiger partial charge in [-0.1, -0.05) is 32.0 Å². The SMILES string of the molecule is C[C@H]1C[C@H](C)CN(Cc2c(O)ccc3c(-c4cc5ccccc5oc4=O)cc(=O)oc23)C1. The van der Waals surface area contributed by atoms with Crippen molar-refractivity contribution in [3.63, 3.8) is 0 Å². The summed E-state index contributed by atoms with van der Waals surface area (Å²) in [6, 6.07) is 13.6. The zero-order valence-electron chi connectivity index (χ0n) is 18.1. The molecule has 0 radical (unpaired) electrons. The highest BCUT2D eigenvalue weighted by Crippen LogP contribution is 2.34. The average molecular weight is 431 g/mol. The van der Waals surface area contributed by atoms with Crippen LogP contribution in [0.15, 0.2) is 67.0 Å². The Hall–Kier alpha value is -3.38. The van der Waals surface area contributed by atoms with Gasteiger partial charge in [0.15, 0.2) is 0 Å². The van der Waals surface area contributed by atoms with Crippen molar-refractivity contribution >= 4 is 21.9 Å². The van der Waals surface area contributed by atoms with Crippen LogP contribution in [0.4, 0.5) is 0 Å². The van der Waals surface area contributed by atoms with Crippen molar-refractivity contribution in [2.75, 3.05) is 13.1 Å². The van der Waals surface area contributed by atoms with Crippen LogP contribution in [0.3, 0.4) is 0 Å². The van der Waals surface area contributed by atoms with E-state index in [1.807, 2.05) is 12.1 Å². The Morgan fingerprint density at radius 1 is 0.969 bits per heavy atom. The fourth-order valence-corrected chi connectivity index (χ4v) is 5.04. The van der Waals surface area contributed by atoms with Crippen LogP contribution in [0.25, 0.3) is 33.1 Å². The van der Waals surface area contributed by atoms with E-state index in [-0.39, 0.29) is 5.75 Å². The Labute approximate surface area is 184 Å². The molecule has 1 fully saturated rings. The molecular weight excluding hydrogens is 406 g/mol. The summed E-state index contributed by atoms with van der Waals surface area (Å²) in [5.74, 6) is 1.19. The van der Waals surface area contributed by atoms with Gasteiger partial charge in [-0.25, -0.2) is 9.59 Å². The first-order valence-corrected chi connectivity index (χ1v) is 10.9. The number of benzene rings is 2. The standard InChI is InChI=1S/C26H25NO5/c1-15-9-16(2)13-27(12-15)14-21-22(28)8-7-18-19(11-24(29)32-25(18)21)20-10-17-5-3-4-6-23(17)31-26(20)30/h3-8,10-11,15-16,28H,9,12-14H2,1-2H3/t15-,16-/m0/s1. The van der Waals surface area contributed by atoms with E-state index < -0.39 is 11.3 Å². The molecule has 6 heteroatoms. The maximum Gasteiger partial charge on any atom is 0.344 e. The van der Waals surface area contributed by atoms with Crippen LogP contribution >= 0.6 is 0 Å². The molecule has 5 rings (SSSR count). The van der Waals surface area contributed by atoms with Crippen molar-refractivity contribution in [3.05, 3.63) is 74.9 Å². The molecule has 2 aromatic carbocycles. The number of nitrogens with zero attached hydrogens (tertiary/aromatic N) is 1. The van der Waals surface area contributed by atoms with Gasteiger partial charge in [0.05, 0.1) is 11.1 Å². The lowest BCUT2D eigenvalue weighted by atomic mass is 9.91. The summed E-state index contributed by atoms with van der Waals surface area (Å²) in [4.78, 5) is 27.6. The minimum absolute atomic E-state index is 0.0780. The molecule has 2 aromatic heterocycles. The average Bonchev–Trinajstić information content (AvgIpc) is 2.74. The van der Waals surface area contributed by atoms with Crippen molar-refractivity contribution in [2.24, 2.45) is 11.8 Å². The Balaban J connectivity index is 1.68. The third kappa shape index (κ3) is 3.71. The van der Waals surface area contributed by atoms with E-state index in [9.17, 15) is 14.7 Å². The van der Waals surface area contributed by atoms with E-state index in [0.717, 1.165) is 18.5 Å². The van der Waals surface area contributed by atoms with E-state index >= 15 is 0 Å². The molecule has 0 bridgehead atoms. The zero-order valence-corrected chi connectivity index (χ0v) is 18.1. The predicted molar refractivity (Wildman–Crippen MR) is 124 cm³/mol. The number of likely N-dealkylation sites (tertiary alicyclic amines) is 1. The third-order valence-corrected chi connectivity index (χ3v) is 6.25. The molecule has 164 valence electrons. The first-order chi connectivity index (χ1) is 15.4. The maximum absolute atomic E-state index is 12.8. The monoisotopic (exact) mass is 431 g/mol. The number of hydrogen-bond donors (Lipinski definition) is 1. The molecule has 3 heterocycles. The van der Waals surface area contributed by atoms with Gasteiger partial charge in [-0.2, -0.15) is 0 Å². The van der Waals surface area contributed by atoms with Crippen molar-refractivity contribution in [2.45, 2.75) is 26.8 Å². The number of para-hydroxylation sites is 1. The number of hydrogen-bond acceptors (Lipinski definition) is 6. The van der Waals surface area contributed by atoms with E-state index in [1.54, 1.807) is 30.3 Å². The highest BCUT2D eigenvalue weighted by atomic mass is 16.4. The van der Waals surface area contributed by atoms with E-state index in [1.165, 1.54) is 12.5 Å². The molecule has 1 N–H and O–H groups in total. The summed E-state index contributed by atoms with van der Waals surface area (Å²) in [5.41, 5.74) is 0.992. The van der Waals surface area contributed by atoms with Gasteiger partial charge in [-0.3, -0.25) is 4.90 Å². The number of fused-ring (bicyclic) bond motifs is 2. The fourth-order valence-electron chi connectivity index (χ4n) is 5.04. The normalized spacial score (nSPS) is 19.6. The molecule has 0 amide bonds. The molecule has 0 spiro atoms. The molecule has 1 aliphatic rings. The summed E-state index contributed by atoms with van der Waals surface area (Å²) >= 11 is 0. The summed E-state index contributed by atoms with van der Waals surface area (Å²) in [6.45, 7) is 6.75. The lowest BCUT2D eigenvalue weighted by molar-refractivity contribution is 0.133.